The van der Waals surface area contributed by atoms with E-state index in [0.29, 0.717) is 32.6 Å². The summed E-state index contributed by atoms with van der Waals surface area (Å²) in [5.74, 6) is -0.0359. The van der Waals surface area contributed by atoms with Crippen LogP contribution in [0.4, 0.5) is 0 Å². The quantitative estimate of drug-likeness (QED) is 0.563. The van der Waals surface area contributed by atoms with Gasteiger partial charge in [-0.05, 0) is 13.3 Å². The summed E-state index contributed by atoms with van der Waals surface area (Å²) >= 11 is 0. The van der Waals surface area contributed by atoms with E-state index in [0.717, 1.165) is 0 Å². The maximum Gasteiger partial charge on any atom is 0.230 e. The van der Waals surface area contributed by atoms with Crippen molar-refractivity contribution in [2.24, 2.45) is 11.1 Å². The summed E-state index contributed by atoms with van der Waals surface area (Å²) in [5, 5.41) is 5.67. The molecule has 0 aromatic heterocycles. The molecular formula is C11H19N3O3. The van der Waals surface area contributed by atoms with Crippen molar-refractivity contribution in [2.45, 2.75) is 31.8 Å². The first-order chi connectivity index (χ1) is 8.02. The molecule has 2 aliphatic rings. The maximum atomic E-state index is 12.1. The molecule has 17 heavy (non-hydrogen) atoms. The average Bonchev–Trinajstić information content (AvgIpc) is 2.64. The van der Waals surface area contributed by atoms with Gasteiger partial charge in [0.2, 0.25) is 11.8 Å². The van der Waals surface area contributed by atoms with Crippen molar-refractivity contribution in [2.75, 3.05) is 19.8 Å². The lowest BCUT2D eigenvalue weighted by molar-refractivity contribution is -0.132. The van der Waals surface area contributed by atoms with Gasteiger partial charge >= 0.3 is 0 Å². The molecule has 6 heteroatoms. The molecule has 0 aromatic rings. The molecule has 4 N–H and O–H groups in total. The Hall–Kier alpha value is -1.14. The summed E-state index contributed by atoms with van der Waals surface area (Å²) < 4.78 is 5.24. The zero-order valence-electron chi connectivity index (χ0n) is 9.99. The molecule has 6 nitrogen and oxygen atoms in total. The van der Waals surface area contributed by atoms with E-state index in [9.17, 15) is 9.59 Å². The van der Waals surface area contributed by atoms with Crippen molar-refractivity contribution in [1.29, 1.82) is 0 Å². The minimum absolute atomic E-state index is 0.00447. The van der Waals surface area contributed by atoms with Gasteiger partial charge in [-0.3, -0.25) is 9.59 Å². The lowest BCUT2D eigenvalue weighted by atomic mass is 9.84. The van der Waals surface area contributed by atoms with Crippen LogP contribution in [0.25, 0.3) is 0 Å². The van der Waals surface area contributed by atoms with Crippen LogP contribution in [0.1, 0.15) is 19.8 Å². The molecule has 3 unspecified atom stereocenters. The molecule has 2 saturated heterocycles. The summed E-state index contributed by atoms with van der Waals surface area (Å²) in [6.45, 7) is 3.10. The molecule has 0 aliphatic carbocycles. The Labute approximate surface area is 100 Å². The highest BCUT2D eigenvalue weighted by atomic mass is 16.5. The highest BCUT2D eigenvalue weighted by molar-refractivity contribution is 5.84. The topological polar surface area (TPSA) is 93.5 Å². The predicted octanol–water partition coefficient (Wildman–Crippen LogP) is -1.25. The number of hydrogen-bond acceptors (Lipinski definition) is 4. The molecule has 96 valence electrons. The van der Waals surface area contributed by atoms with E-state index < -0.39 is 5.41 Å². The molecule has 0 aromatic carbocycles. The van der Waals surface area contributed by atoms with E-state index >= 15 is 0 Å². The predicted molar refractivity (Wildman–Crippen MR) is 61.1 cm³/mol. The monoisotopic (exact) mass is 241 g/mol. The van der Waals surface area contributed by atoms with Crippen LogP contribution >= 0.6 is 0 Å². The molecule has 2 amide bonds. The van der Waals surface area contributed by atoms with Gasteiger partial charge in [0.1, 0.15) is 0 Å². The minimum Gasteiger partial charge on any atom is -0.379 e. The van der Waals surface area contributed by atoms with Crippen molar-refractivity contribution >= 4 is 11.8 Å². The standard InChI is InChI=1S/C11H19N3O3/c1-11(6-17-5-8(11)12)10(16)14-7-2-3-9(15)13-4-7/h7-8H,2-6,12H2,1H3,(H,13,15)(H,14,16). The molecule has 0 spiro atoms. The fourth-order valence-corrected chi connectivity index (χ4v) is 2.13. The van der Waals surface area contributed by atoms with E-state index in [1.807, 2.05) is 6.92 Å². The van der Waals surface area contributed by atoms with Crippen LogP contribution in [0.2, 0.25) is 0 Å². The SMILES string of the molecule is CC1(C(=O)NC2CCC(=O)NC2)COCC1N. The summed E-state index contributed by atoms with van der Waals surface area (Å²) in [5.41, 5.74) is 5.23. The Bertz CT molecular complexity index is 324. The van der Waals surface area contributed by atoms with Crippen LogP contribution in [0.3, 0.4) is 0 Å². The Balaban J connectivity index is 1.90. The minimum atomic E-state index is -0.651. The third-order valence-electron chi connectivity index (χ3n) is 3.64. The third kappa shape index (κ3) is 2.42. The Morgan fingerprint density at radius 2 is 2.41 bits per heavy atom. The van der Waals surface area contributed by atoms with Crippen molar-refractivity contribution in [3.63, 3.8) is 0 Å². The van der Waals surface area contributed by atoms with Crippen LogP contribution in [0.15, 0.2) is 0 Å². The molecule has 0 saturated carbocycles. The molecule has 2 aliphatic heterocycles. The van der Waals surface area contributed by atoms with E-state index in [-0.39, 0.29) is 23.9 Å². The number of carbonyl (C=O) groups excluding carboxylic acids is 2. The summed E-state index contributed by atoms with van der Waals surface area (Å²) in [6.07, 6.45) is 1.15. The van der Waals surface area contributed by atoms with Crippen LogP contribution in [0, 0.1) is 5.41 Å². The lowest BCUT2D eigenvalue weighted by Gasteiger charge is -2.30. The number of ether oxygens (including phenoxy) is 1. The van der Waals surface area contributed by atoms with Gasteiger partial charge in [0.25, 0.3) is 0 Å². The first-order valence-electron chi connectivity index (χ1n) is 5.93. The van der Waals surface area contributed by atoms with E-state index in [4.69, 9.17) is 10.5 Å². The van der Waals surface area contributed by atoms with Gasteiger partial charge in [-0.1, -0.05) is 0 Å². The largest absolute Gasteiger partial charge is 0.379 e. The van der Waals surface area contributed by atoms with Crippen LogP contribution in [-0.2, 0) is 14.3 Å². The highest BCUT2D eigenvalue weighted by Gasteiger charge is 2.44. The number of amides is 2. The van der Waals surface area contributed by atoms with Gasteiger partial charge in [0.15, 0.2) is 0 Å². The van der Waals surface area contributed by atoms with Gasteiger partial charge in [-0.25, -0.2) is 0 Å². The van der Waals surface area contributed by atoms with Gasteiger partial charge < -0.3 is 21.1 Å². The van der Waals surface area contributed by atoms with E-state index in [2.05, 4.69) is 10.6 Å². The Kier molecular flexibility index (Phi) is 3.35. The smallest absolute Gasteiger partial charge is 0.230 e. The fraction of sp³-hybridized carbons (Fsp3) is 0.818. The first-order valence-corrected chi connectivity index (χ1v) is 5.93. The van der Waals surface area contributed by atoms with Gasteiger partial charge in [0, 0.05) is 25.0 Å². The Morgan fingerprint density at radius 3 is 2.94 bits per heavy atom. The second kappa shape index (κ2) is 4.62. The van der Waals surface area contributed by atoms with Crippen molar-refractivity contribution in [3.8, 4) is 0 Å². The van der Waals surface area contributed by atoms with Crippen LogP contribution in [-0.4, -0.2) is 43.7 Å². The molecular weight excluding hydrogens is 222 g/mol. The molecule has 2 fully saturated rings. The normalized spacial score (nSPS) is 37.6. The molecule has 2 heterocycles. The van der Waals surface area contributed by atoms with Gasteiger partial charge in [0.05, 0.1) is 18.6 Å². The number of nitrogens with two attached hydrogens (primary N) is 1. The van der Waals surface area contributed by atoms with Crippen LogP contribution in [0.5, 0.6) is 0 Å². The van der Waals surface area contributed by atoms with E-state index in [1.54, 1.807) is 0 Å². The zero-order chi connectivity index (χ0) is 12.5. The van der Waals surface area contributed by atoms with Crippen molar-refractivity contribution in [1.82, 2.24) is 10.6 Å². The second-order valence-corrected chi connectivity index (χ2v) is 5.05. The average molecular weight is 241 g/mol. The number of carbonyl (C=O) groups is 2. The van der Waals surface area contributed by atoms with E-state index in [1.165, 1.54) is 0 Å². The first kappa shape index (κ1) is 12.3. The Morgan fingerprint density at radius 1 is 1.65 bits per heavy atom. The number of piperidine rings is 1. The zero-order valence-corrected chi connectivity index (χ0v) is 9.99. The summed E-state index contributed by atoms with van der Waals surface area (Å²) in [6, 6.07) is -0.259. The number of hydrogen-bond donors (Lipinski definition) is 3. The molecule has 0 radical (unpaired) electrons. The fourth-order valence-electron chi connectivity index (χ4n) is 2.13. The molecule has 3 atom stereocenters. The highest BCUT2D eigenvalue weighted by Crippen LogP contribution is 2.27. The maximum absolute atomic E-state index is 12.1. The third-order valence-corrected chi connectivity index (χ3v) is 3.64. The summed E-state index contributed by atoms with van der Waals surface area (Å²) in [4.78, 5) is 23.1. The van der Waals surface area contributed by atoms with Crippen LogP contribution < -0.4 is 16.4 Å². The van der Waals surface area contributed by atoms with Crippen molar-refractivity contribution in [3.05, 3.63) is 0 Å². The lowest BCUT2D eigenvalue weighted by Crippen LogP contribution is -2.55. The molecule has 2 rings (SSSR count). The molecule has 0 bridgehead atoms. The van der Waals surface area contributed by atoms with Crippen molar-refractivity contribution < 1.29 is 14.3 Å². The number of nitrogens with one attached hydrogen (secondary N) is 2. The summed E-state index contributed by atoms with van der Waals surface area (Å²) in [7, 11) is 0. The number of rotatable bonds is 2. The van der Waals surface area contributed by atoms with Gasteiger partial charge in [-0.15, -0.1) is 0 Å². The van der Waals surface area contributed by atoms with Gasteiger partial charge in [-0.2, -0.15) is 0 Å². The second-order valence-electron chi connectivity index (χ2n) is 5.05.